The lowest BCUT2D eigenvalue weighted by molar-refractivity contribution is -0.122. The molecule has 1 aliphatic heterocycles. The van der Waals surface area contributed by atoms with Crippen molar-refractivity contribution in [1.29, 1.82) is 0 Å². The van der Waals surface area contributed by atoms with Crippen molar-refractivity contribution in [2.45, 2.75) is 33.7 Å². The summed E-state index contributed by atoms with van der Waals surface area (Å²) in [5.74, 6) is -0.560. The molecular formula is C20H33N5O3. The number of hydrogen-bond donors (Lipinski definition) is 4. The smallest absolute Gasteiger partial charge is 0.319 e. The molecule has 1 atom stereocenters. The molecule has 1 fully saturated rings. The van der Waals surface area contributed by atoms with Crippen LogP contribution in [-0.2, 0) is 9.53 Å². The van der Waals surface area contributed by atoms with E-state index < -0.39 is 23.4 Å². The second-order valence-electron chi connectivity index (χ2n) is 8.23. The van der Waals surface area contributed by atoms with Gasteiger partial charge in [0.05, 0.1) is 24.6 Å². The van der Waals surface area contributed by atoms with Gasteiger partial charge in [0.1, 0.15) is 6.04 Å². The summed E-state index contributed by atoms with van der Waals surface area (Å²) in [7, 11) is 0. The van der Waals surface area contributed by atoms with Crippen LogP contribution in [0, 0.1) is 12.3 Å². The number of morpholine rings is 1. The third kappa shape index (κ3) is 6.69. The first kappa shape index (κ1) is 22.0. The van der Waals surface area contributed by atoms with Crippen molar-refractivity contribution in [3.05, 3.63) is 23.8 Å². The summed E-state index contributed by atoms with van der Waals surface area (Å²) < 4.78 is 5.37. The quantitative estimate of drug-likeness (QED) is 0.566. The molecule has 8 nitrogen and oxygen atoms in total. The Morgan fingerprint density at radius 3 is 2.50 bits per heavy atom. The summed E-state index contributed by atoms with van der Waals surface area (Å²) in [5.41, 5.74) is 7.55. The van der Waals surface area contributed by atoms with Crippen molar-refractivity contribution in [1.82, 2.24) is 10.2 Å². The van der Waals surface area contributed by atoms with E-state index in [2.05, 4.69) is 20.9 Å². The molecule has 8 heteroatoms. The maximum atomic E-state index is 12.5. The number of ether oxygens (including phenoxy) is 1. The molecule has 3 amide bonds. The van der Waals surface area contributed by atoms with Gasteiger partial charge in [0, 0.05) is 26.2 Å². The predicted octanol–water partition coefficient (Wildman–Crippen LogP) is 1.76. The van der Waals surface area contributed by atoms with Crippen LogP contribution >= 0.6 is 0 Å². The van der Waals surface area contributed by atoms with Gasteiger partial charge in [-0.2, -0.15) is 0 Å². The van der Waals surface area contributed by atoms with Crippen molar-refractivity contribution in [3.8, 4) is 0 Å². The number of anilines is 2. The van der Waals surface area contributed by atoms with E-state index >= 15 is 0 Å². The molecule has 1 aromatic carbocycles. The van der Waals surface area contributed by atoms with Crippen LogP contribution in [0.4, 0.5) is 16.2 Å². The number of rotatable bonds is 7. The highest BCUT2D eigenvalue weighted by Crippen LogP contribution is 2.24. The van der Waals surface area contributed by atoms with Crippen molar-refractivity contribution in [3.63, 3.8) is 0 Å². The van der Waals surface area contributed by atoms with Crippen LogP contribution in [0.3, 0.4) is 0 Å². The SMILES string of the molecule is Cc1ccc(NC(=O)N[C@H](C(N)=O)C(C)(C)C)c(NCCN2CCOCC2)c1. The van der Waals surface area contributed by atoms with Gasteiger partial charge in [-0.3, -0.25) is 9.69 Å². The van der Waals surface area contributed by atoms with Gasteiger partial charge in [-0.25, -0.2) is 4.79 Å². The predicted molar refractivity (Wildman–Crippen MR) is 112 cm³/mol. The van der Waals surface area contributed by atoms with E-state index in [1.54, 1.807) is 0 Å². The Kier molecular flexibility index (Phi) is 7.65. The summed E-state index contributed by atoms with van der Waals surface area (Å²) >= 11 is 0. The Bertz CT molecular complexity index is 681. The number of benzene rings is 1. The summed E-state index contributed by atoms with van der Waals surface area (Å²) in [5, 5.41) is 8.91. The van der Waals surface area contributed by atoms with Crippen molar-refractivity contribution in [2.75, 3.05) is 50.0 Å². The third-order valence-corrected chi connectivity index (χ3v) is 4.70. The van der Waals surface area contributed by atoms with E-state index in [1.165, 1.54) is 0 Å². The molecule has 28 heavy (non-hydrogen) atoms. The molecular weight excluding hydrogens is 358 g/mol. The van der Waals surface area contributed by atoms with Gasteiger partial charge in [-0.05, 0) is 30.0 Å². The Hall–Kier alpha value is -2.32. The minimum absolute atomic E-state index is 0.459. The number of carbonyl (C=O) groups excluding carboxylic acids is 2. The van der Waals surface area contributed by atoms with E-state index in [1.807, 2.05) is 45.9 Å². The minimum Gasteiger partial charge on any atom is -0.382 e. The molecule has 0 bridgehead atoms. The molecule has 0 aliphatic carbocycles. The van der Waals surface area contributed by atoms with Crippen LogP contribution in [0.25, 0.3) is 0 Å². The first-order valence-corrected chi connectivity index (χ1v) is 9.68. The fourth-order valence-electron chi connectivity index (χ4n) is 3.09. The average molecular weight is 392 g/mol. The van der Waals surface area contributed by atoms with Gasteiger partial charge in [-0.1, -0.05) is 26.8 Å². The van der Waals surface area contributed by atoms with E-state index in [4.69, 9.17) is 10.5 Å². The third-order valence-electron chi connectivity index (χ3n) is 4.70. The fourth-order valence-corrected chi connectivity index (χ4v) is 3.09. The van der Waals surface area contributed by atoms with Crippen LogP contribution in [-0.4, -0.2) is 62.3 Å². The van der Waals surface area contributed by atoms with Crippen LogP contribution in [0.5, 0.6) is 0 Å². The Balaban J connectivity index is 1.98. The number of urea groups is 1. The lowest BCUT2D eigenvalue weighted by Crippen LogP contribution is -2.53. The first-order valence-electron chi connectivity index (χ1n) is 9.68. The van der Waals surface area contributed by atoms with Crippen LogP contribution in [0.15, 0.2) is 18.2 Å². The molecule has 156 valence electrons. The number of amides is 3. The number of nitrogens with zero attached hydrogens (tertiary/aromatic N) is 1. The number of nitrogens with two attached hydrogens (primary N) is 1. The van der Waals surface area contributed by atoms with Gasteiger partial charge < -0.3 is 26.4 Å². The van der Waals surface area contributed by atoms with Crippen LogP contribution in [0.1, 0.15) is 26.3 Å². The summed E-state index contributed by atoms with van der Waals surface area (Å²) in [6, 6.07) is 4.54. The largest absolute Gasteiger partial charge is 0.382 e. The maximum Gasteiger partial charge on any atom is 0.319 e. The molecule has 0 unspecified atom stereocenters. The number of aryl methyl sites for hydroxylation is 1. The molecule has 0 spiro atoms. The number of carbonyl (C=O) groups is 2. The average Bonchev–Trinajstić information content (AvgIpc) is 2.61. The second kappa shape index (κ2) is 9.75. The standard InChI is InChI=1S/C20H33N5O3/c1-14-5-6-15(23-19(27)24-17(18(21)26)20(2,3)4)16(13-14)22-7-8-25-9-11-28-12-10-25/h5-6,13,17,22H,7-12H2,1-4H3,(H2,21,26)(H2,23,24,27)/t17-/m1/s1. The highest BCUT2D eigenvalue weighted by molar-refractivity contribution is 5.96. The molecule has 1 aromatic rings. The monoisotopic (exact) mass is 391 g/mol. The zero-order chi connectivity index (χ0) is 20.7. The summed E-state index contributed by atoms with van der Waals surface area (Å²) in [6.07, 6.45) is 0. The van der Waals surface area contributed by atoms with Gasteiger partial charge in [0.15, 0.2) is 0 Å². The summed E-state index contributed by atoms with van der Waals surface area (Å²) in [4.78, 5) is 26.5. The fraction of sp³-hybridized carbons (Fsp3) is 0.600. The first-order chi connectivity index (χ1) is 13.2. The van der Waals surface area contributed by atoms with Crippen molar-refractivity contribution in [2.24, 2.45) is 11.1 Å². The van der Waals surface area contributed by atoms with Gasteiger partial charge >= 0.3 is 6.03 Å². The zero-order valence-electron chi connectivity index (χ0n) is 17.3. The molecule has 0 radical (unpaired) electrons. The van der Waals surface area contributed by atoms with E-state index in [0.29, 0.717) is 5.69 Å². The van der Waals surface area contributed by atoms with Gasteiger partial charge in [-0.15, -0.1) is 0 Å². The Morgan fingerprint density at radius 2 is 1.89 bits per heavy atom. The molecule has 0 saturated carbocycles. The van der Waals surface area contributed by atoms with Crippen LogP contribution in [0.2, 0.25) is 0 Å². The molecule has 1 heterocycles. The Labute approximate surface area is 167 Å². The molecule has 2 rings (SSSR count). The molecule has 1 saturated heterocycles. The van der Waals surface area contributed by atoms with Gasteiger partial charge in [0.2, 0.25) is 5.91 Å². The normalized spacial score (nSPS) is 16.3. The van der Waals surface area contributed by atoms with E-state index in [0.717, 1.165) is 50.6 Å². The Morgan fingerprint density at radius 1 is 1.21 bits per heavy atom. The van der Waals surface area contributed by atoms with Crippen LogP contribution < -0.4 is 21.7 Å². The number of nitrogens with one attached hydrogen (secondary N) is 3. The van der Waals surface area contributed by atoms with E-state index in [9.17, 15) is 9.59 Å². The zero-order valence-corrected chi connectivity index (χ0v) is 17.3. The highest BCUT2D eigenvalue weighted by Gasteiger charge is 2.31. The maximum absolute atomic E-state index is 12.5. The van der Waals surface area contributed by atoms with E-state index in [-0.39, 0.29) is 0 Å². The lowest BCUT2D eigenvalue weighted by atomic mass is 9.86. The minimum atomic E-state index is -0.768. The number of hydrogen-bond acceptors (Lipinski definition) is 5. The van der Waals surface area contributed by atoms with Gasteiger partial charge in [0.25, 0.3) is 0 Å². The number of primary amides is 1. The molecule has 1 aliphatic rings. The second-order valence-corrected chi connectivity index (χ2v) is 8.23. The molecule has 5 N–H and O–H groups in total. The lowest BCUT2D eigenvalue weighted by Gasteiger charge is -2.29. The summed E-state index contributed by atoms with van der Waals surface area (Å²) in [6.45, 7) is 12.6. The van der Waals surface area contributed by atoms with Crippen molar-refractivity contribution < 1.29 is 14.3 Å². The van der Waals surface area contributed by atoms with Crippen molar-refractivity contribution >= 4 is 23.3 Å². The molecule has 0 aromatic heterocycles. The topological polar surface area (TPSA) is 109 Å². The highest BCUT2D eigenvalue weighted by atomic mass is 16.5.